The molecule has 0 radical (unpaired) electrons. The van der Waals surface area contributed by atoms with E-state index in [4.69, 9.17) is 9.47 Å². The van der Waals surface area contributed by atoms with Gasteiger partial charge in [-0.15, -0.1) is 0 Å². The number of rotatable bonds is 8. The van der Waals surface area contributed by atoms with E-state index in [1.165, 1.54) is 4.90 Å². The number of ether oxygens (including phenoxy) is 2. The number of aliphatic hydroxyl groups excluding tert-OH is 1. The Morgan fingerprint density at radius 3 is 2.58 bits per heavy atom. The number of carbonyl (C=O) groups excluding carboxylic acids is 3. The predicted octanol–water partition coefficient (Wildman–Crippen LogP) is 3.76. The van der Waals surface area contributed by atoms with Crippen LogP contribution in [0.5, 0.6) is 0 Å². The first-order valence-corrected chi connectivity index (χ1v) is 13.7. The second kappa shape index (κ2) is 9.65. The Morgan fingerprint density at radius 2 is 1.92 bits per heavy atom. The average Bonchev–Trinajstić information content (AvgIpc) is 3.39. The maximum absolute atomic E-state index is 14.2. The SMILES string of the molecule is CCOC(=O)[C@H]1[C@H]2C(=O)N([C@@H](CO)CC(C)C)C(C(=O)Nc3ccc4ccccc4c3)C23CC(C)[C@]1(C)O3. The van der Waals surface area contributed by atoms with Gasteiger partial charge in [0.2, 0.25) is 11.8 Å². The lowest BCUT2D eigenvalue weighted by Gasteiger charge is -2.37. The molecule has 3 aliphatic rings. The molecule has 0 saturated carbocycles. The van der Waals surface area contributed by atoms with Crippen LogP contribution in [0.3, 0.4) is 0 Å². The third kappa shape index (κ3) is 3.92. The molecule has 38 heavy (non-hydrogen) atoms. The molecule has 2 amide bonds. The van der Waals surface area contributed by atoms with Crippen LogP contribution < -0.4 is 5.32 Å². The summed E-state index contributed by atoms with van der Waals surface area (Å²) in [6.07, 6.45) is 0.976. The Kier molecular flexibility index (Phi) is 6.76. The molecule has 3 fully saturated rings. The van der Waals surface area contributed by atoms with Gasteiger partial charge in [0, 0.05) is 5.69 Å². The Hall–Kier alpha value is -2.97. The molecule has 1 spiro atoms. The standard InChI is InChI=1S/C30H38N2O6/c1-6-37-28(36)24-23-27(35)32(22(16-33)13-17(2)3)25(30(23)15-18(4)29(24,5)38-30)26(34)31-21-12-11-19-9-7-8-10-20(19)14-21/h7-12,14,17-18,22-25,33H,6,13,15-16H2,1-5H3,(H,31,34)/t18?,22-,23+,24-,25?,29+,30?/m1/s1. The fourth-order valence-electron chi connectivity index (χ4n) is 7.26. The molecule has 7 atom stereocenters. The van der Waals surface area contributed by atoms with E-state index in [2.05, 4.69) is 5.32 Å². The van der Waals surface area contributed by atoms with Gasteiger partial charge < -0.3 is 24.8 Å². The van der Waals surface area contributed by atoms with E-state index in [-0.39, 0.29) is 36.9 Å². The molecule has 3 unspecified atom stereocenters. The first kappa shape index (κ1) is 26.6. The van der Waals surface area contributed by atoms with Crippen LogP contribution in [0.15, 0.2) is 42.5 Å². The summed E-state index contributed by atoms with van der Waals surface area (Å²) in [6.45, 7) is 9.53. The van der Waals surface area contributed by atoms with Crippen molar-refractivity contribution in [3.8, 4) is 0 Å². The fourth-order valence-corrected chi connectivity index (χ4v) is 7.26. The molecular formula is C30H38N2O6. The first-order chi connectivity index (χ1) is 18.1. The van der Waals surface area contributed by atoms with Crippen LogP contribution in [-0.4, -0.2) is 64.3 Å². The van der Waals surface area contributed by atoms with Crippen LogP contribution in [0.1, 0.15) is 47.5 Å². The van der Waals surface area contributed by atoms with E-state index < -0.39 is 41.1 Å². The van der Waals surface area contributed by atoms with Crippen molar-refractivity contribution in [2.75, 3.05) is 18.5 Å². The average molecular weight is 523 g/mol. The van der Waals surface area contributed by atoms with Gasteiger partial charge in [0.05, 0.1) is 30.8 Å². The topological polar surface area (TPSA) is 105 Å². The van der Waals surface area contributed by atoms with Crippen LogP contribution in [0.25, 0.3) is 10.8 Å². The van der Waals surface area contributed by atoms with Gasteiger partial charge >= 0.3 is 5.97 Å². The van der Waals surface area contributed by atoms with Crippen molar-refractivity contribution in [3.05, 3.63) is 42.5 Å². The summed E-state index contributed by atoms with van der Waals surface area (Å²) < 4.78 is 12.1. The second-order valence-corrected chi connectivity index (χ2v) is 11.7. The van der Waals surface area contributed by atoms with Gasteiger partial charge in [-0.3, -0.25) is 14.4 Å². The number of esters is 1. The van der Waals surface area contributed by atoms with E-state index in [9.17, 15) is 19.5 Å². The highest BCUT2D eigenvalue weighted by atomic mass is 16.6. The fraction of sp³-hybridized carbons (Fsp3) is 0.567. The quantitative estimate of drug-likeness (QED) is 0.512. The molecule has 204 valence electrons. The molecule has 8 heteroatoms. The van der Waals surface area contributed by atoms with Crippen molar-refractivity contribution in [3.63, 3.8) is 0 Å². The number of benzene rings is 2. The Morgan fingerprint density at radius 1 is 1.21 bits per heavy atom. The van der Waals surface area contributed by atoms with Gasteiger partial charge in [-0.2, -0.15) is 0 Å². The normalized spacial score (nSPS) is 32.6. The van der Waals surface area contributed by atoms with E-state index in [1.807, 2.05) is 70.2 Å². The highest BCUT2D eigenvalue weighted by Gasteiger charge is 2.80. The van der Waals surface area contributed by atoms with Crippen molar-refractivity contribution in [1.29, 1.82) is 0 Å². The predicted molar refractivity (Wildman–Crippen MR) is 143 cm³/mol. The van der Waals surface area contributed by atoms with E-state index in [0.29, 0.717) is 18.5 Å². The minimum Gasteiger partial charge on any atom is -0.466 e. The number of nitrogens with one attached hydrogen (secondary N) is 1. The number of hydrogen-bond donors (Lipinski definition) is 2. The van der Waals surface area contributed by atoms with Crippen molar-refractivity contribution in [2.45, 2.75) is 70.7 Å². The summed E-state index contributed by atoms with van der Waals surface area (Å²) in [5.41, 5.74) is -1.50. The summed E-state index contributed by atoms with van der Waals surface area (Å²) in [5, 5.41) is 15.5. The zero-order valence-electron chi connectivity index (χ0n) is 22.8. The number of likely N-dealkylation sites (tertiary alicyclic amines) is 1. The van der Waals surface area contributed by atoms with Gasteiger partial charge in [0.1, 0.15) is 17.6 Å². The van der Waals surface area contributed by atoms with Crippen LogP contribution in [-0.2, 0) is 23.9 Å². The number of carbonyl (C=O) groups is 3. The van der Waals surface area contributed by atoms with Crippen LogP contribution >= 0.6 is 0 Å². The van der Waals surface area contributed by atoms with Gasteiger partial charge in [0.25, 0.3) is 0 Å². The van der Waals surface area contributed by atoms with Crippen molar-refractivity contribution >= 4 is 34.2 Å². The molecule has 2 bridgehead atoms. The van der Waals surface area contributed by atoms with Gasteiger partial charge in [-0.05, 0) is 61.4 Å². The van der Waals surface area contributed by atoms with Crippen LogP contribution in [0.2, 0.25) is 0 Å². The highest BCUT2D eigenvalue weighted by molar-refractivity contribution is 6.04. The first-order valence-electron chi connectivity index (χ1n) is 13.7. The third-order valence-corrected chi connectivity index (χ3v) is 8.91. The number of aliphatic hydroxyl groups is 1. The van der Waals surface area contributed by atoms with Gasteiger partial charge in [-0.1, -0.05) is 51.1 Å². The third-order valence-electron chi connectivity index (χ3n) is 8.91. The molecule has 0 aliphatic carbocycles. The number of nitrogens with zero attached hydrogens (tertiary/aromatic N) is 1. The van der Waals surface area contributed by atoms with Crippen LogP contribution in [0.4, 0.5) is 5.69 Å². The number of anilines is 1. The van der Waals surface area contributed by atoms with Crippen LogP contribution in [0, 0.1) is 23.7 Å². The molecule has 3 aliphatic heterocycles. The lowest BCUT2D eigenvalue weighted by molar-refractivity contribution is -0.162. The molecule has 8 nitrogen and oxygen atoms in total. The molecule has 2 aromatic rings. The van der Waals surface area contributed by atoms with E-state index >= 15 is 0 Å². The molecular weight excluding hydrogens is 484 g/mol. The van der Waals surface area contributed by atoms with Crippen molar-refractivity contribution < 1.29 is 29.0 Å². The number of hydrogen-bond acceptors (Lipinski definition) is 6. The molecule has 2 N–H and O–H groups in total. The number of fused-ring (bicyclic) bond motifs is 2. The molecule has 0 aromatic heterocycles. The molecule has 3 saturated heterocycles. The van der Waals surface area contributed by atoms with Gasteiger partial charge in [-0.25, -0.2) is 0 Å². The monoisotopic (exact) mass is 522 g/mol. The molecule has 5 rings (SSSR count). The van der Waals surface area contributed by atoms with Crippen molar-refractivity contribution in [1.82, 2.24) is 4.90 Å². The molecule has 2 aromatic carbocycles. The van der Waals surface area contributed by atoms with E-state index in [0.717, 1.165) is 10.8 Å². The van der Waals surface area contributed by atoms with E-state index in [1.54, 1.807) is 6.92 Å². The number of amides is 2. The Bertz CT molecular complexity index is 1260. The summed E-state index contributed by atoms with van der Waals surface area (Å²) >= 11 is 0. The van der Waals surface area contributed by atoms with Crippen molar-refractivity contribution in [2.24, 2.45) is 23.7 Å². The zero-order valence-corrected chi connectivity index (χ0v) is 22.8. The summed E-state index contributed by atoms with van der Waals surface area (Å²) in [5.74, 6) is -2.74. The minimum absolute atomic E-state index is 0.0745. The summed E-state index contributed by atoms with van der Waals surface area (Å²) in [7, 11) is 0. The smallest absolute Gasteiger partial charge is 0.312 e. The van der Waals surface area contributed by atoms with Gasteiger partial charge in [0.15, 0.2) is 0 Å². The second-order valence-electron chi connectivity index (χ2n) is 11.7. The maximum Gasteiger partial charge on any atom is 0.312 e. The zero-order chi connectivity index (χ0) is 27.4. The Labute approximate surface area is 223 Å². The maximum atomic E-state index is 14.2. The minimum atomic E-state index is -1.19. The lowest BCUT2D eigenvalue weighted by atomic mass is 9.62. The molecule has 3 heterocycles. The highest BCUT2D eigenvalue weighted by Crippen LogP contribution is 2.65. The largest absolute Gasteiger partial charge is 0.466 e. The summed E-state index contributed by atoms with van der Waals surface area (Å²) in [4.78, 5) is 43.2. The summed E-state index contributed by atoms with van der Waals surface area (Å²) in [6, 6.07) is 12.0. The Balaban J connectivity index is 1.58. The lowest BCUT2D eigenvalue weighted by Crippen LogP contribution is -2.56.